The first-order valence-corrected chi connectivity index (χ1v) is 5.50. The van der Waals surface area contributed by atoms with Gasteiger partial charge in [-0.2, -0.15) is 0 Å². The number of hydrogen-bond donors (Lipinski definition) is 2. The number of piperazine rings is 1. The maximum absolute atomic E-state index is 11.1. The standard InChI is InChI=1S/C8H11N5O2S/c1-9-8-5(11-12-16-8)2-13-3-6(14)10-7(15)4-13/h9H,2-4H2,1H3,(H,10,14,15). The van der Waals surface area contributed by atoms with Crippen LogP contribution in [0.4, 0.5) is 5.00 Å². The summed E-state index contributed by atoms with van der Waals surface area (Å²) in [6.45, 7) is 0.880. The topological polar surface area (TPSA) is 87.2 Å². The van der Waals surface area contributed by atoms with Crippen LogP contribution in [0.2, 0.25) is 0 Å². The number of anilines is 1. The van der Waals surface area contributed by atoms with E-state index in [0.29, 0.717) is 6.54 Å². The highest BCUT2D eigenvalue weighted by Crippen LogP contribution is 2.18. The molecule has 1 saturated heterocycles. The Kier molecular flexibility index (Phi) is 3.11. The maximum Gasteiger partial charge on any atom is 0.240 e. The second-order valence-electron chi connectivity index (χ2n) is 3.42. The number of rotatable bonds is 3. The molecule has 2 N–H and O–H groups in total. The Morgan fingerprint density at radius 2 is 2.12 bits per heavy atom. The van der Waals surface area contributed by atoms with E-state index in [9.17, 15) is 9.59 Å². The molecule has 0 spiro atoms. The Balaban J connectivity index is 2.04. The lowest BCUT2D eigenvalue weighted by Crippen LogP contribution is -2.50. The molecule has 1 aliphatic heterocycles. The Bertz CT molecular complexity index is 402. The van der Waals surface area contributed by atoms with Crippen LogP contribution in [0, 0.1) is 0 Å². The van der Waals surface area contributed by atoms with Gasteiger partial charge in [-0.3, -0.25) is 19.8 Å². The second-order valence-corrected chi connectivity index (χ2v) is 4.17. The smallest absolute Gasteiger partial charge is 0.240 e. The van der Waals surface area contributed by atoms with Crippen LogP contribution in [-0.4, -0.2) is 46.4 Å². The molecule has 8 heteroatoms. The summed E-state index contributed by atoms with van der Waals surface area (Å²) >= 11 is 1.26. The van der Waals surface area contributed by atoms with Gasteiger partial charge < -0.3 is 5.32 Å². The number of carbonyl (C=O) groups excluding carboxylic acids is 2. The van der Waals surface area contributed by atoms with Crippen LogP contribution >= 0.6 is 11.5 Å². The lowest BCUT2D eigenvalue weighted by atomic mass is 10.3. The fraction of sp³-hybridized carbons (Fsp3) is 0.500. The van der Waals surface area contributed by atoms with Crippen LogP contribution in [0.5, 0.6) is 0 Å². The molecule has 1 aromatic rings. The van der Waals surface area contributed by atoms with E-state index >= 15 is 0 Å². The minimum Gasteiger partial charge on any atom is -0.377 e. The summed E-state index contributed by atoms with van der Waals surface area (Å²) < 4.78 is 3.81. The summed E-state index contributed by atoms with van der Waals surface area (Å²) in [6.07, 6.45) is 0. The molecule has 1 aromatic heterocycles. The molecule has 0 saturated carbocycles. The number of imide groups is 1. The van der Waals surface area contributed by atoms with Gasteiger partial charge in [0.15, 0.2) is 0 Å². The van der Waals surface area contributed by atoms with Gasteiger partial charge in [-0.15, -0.1) is 5.10 Å². The molecule has 0 aromatic carbocycles. The highest BCUT2D eigenvalue weighted by atomic mass is 32.1. The Morgan fingerprint density at radius 3 is 2.75 bits per heavy atom. The van der Waals surface area contributed by atoms with E-state index in [-0.39, 0.29) is 24.9 Å². The highest BCUT2D eigenvalue weighted by molar-refractivity contribution is 7.10. The van der Waals surface area contributed by atoms with Gasteiger partial charge in [0.2, 0.25) is 11.8 Å². The monoisotopic (exact) mass is 241 g/mol. The van der Waals surface area contributed by atoms with E-state index in [0.717, 1.165) is 10.7 Å². The fourth-order valence-corrected chi connectivity index (χ4v) is 2.05. The molecule has 0 aliphatic carbocycles. The average molecular weight is 241 g/mol. The molecule has 0 bridgehead atoms. The van der Waals surface area contributed by atoms with Gasteiger partial charge in [-0.25, -0.2) is 0 Å². The van der Waals surface area contributed by atoms with Crippen molar-refractivity contribution in [2.24, 2.45) is 0 Å². The quantitative estimate of drug-likeness (QED) is 0.663. The Labute approximate surface area is 96.0 Å². The molecule has 0 radical (unpaired) electrons. The molecule has 7 nitrogen and oxygen atoms in total. The van der Waals surface area contributed by atoms with Gasteiger partial charge in [0.25, 0.3) is 0 Å². The number of nitrogens with one attached hydrogen (secondary N) is 2. The maximum atomic E-state index is 11.1. The number of amides is 2. The van der Waals surface area contributed by atoms with Crippen LogP contribution < -0.4 is 10.6 Å². The van der Waals surface area contributed by atoms with Crippen molar-refractivity contribution in [3.8, 4) is 0 Å². The van der Waals surface area contributed by atoms with Crippen molar-refractivity contribution in [1.29, 1.82) is 0 Å². The zero-order valence-electron chi connectivity index (χ0n) is 8.69. The summed E-state index contributed by atoms with van der Waals surface area (Å²) in [5, 5.41) is 10.0. The lowest BCUT2D eigenvalue weighted by Gasteiger charge is -2.24. The summed E-state index contributed by atoms with van der Waals surface area (Å²) in [5.41, 5.74) is 0.759. The predicted octanol–water partition coefficient (Wildman–Crippen LogP) is -0.962. The molecule has 2 rings (SSSR count). The van der Waals surface area contributed by atoms with Gasteiger partial charge >= 0.3 is 0 Å². The number of aromatic nitrogens is 2. The summed E-state index contributed by atoms with van der Waals surface area (Å²) in [6, 6.07) is 0. The molecule has 1 aliphatic rings. The van der Waals surface area contributed by atoms with Crippen molar-refractivity contribution in [3.63, 3.8) is 0 Å². The minimum absolute atomic E-state index is 0.215. The van der Waals surface area contributed by atoms with Gasteiger partial charge in [-0.1, -0.05) is 4.49 Å². The predicted molar refractivity (Wildman–Crippen MR) is 57.9 cm³/mol. The van der Waals surface area contributed by atoms with Crippen molar-refractivity contribution < 1.29 is 9.59 Å². The number of carbonyl (C=O) groups is 2. The minimum atomic E-state index is -0.273. The second kappa shape index (κ2) is 4.54. The van der Waals surface area contributed by atoms with Crippen molar-refractivity contribution in [3.05, 3.63) is 5.69 Å². The van der Waals surface area contributed by atoms with Gasteiger partial charge in [0.1, 0.15) is 10.7 Å². The fourth-order valence-electron chi connectivity index (χ4n) is 1.52. The summed E-state index contributed by atoms with van der Waals surface area (Å²) in [7, 11) is 1.78. The molecule has 2 heterocycles. The molecule has 86 valence electrons. The third-order valence-corrected chi connectivity index (χ3v) is 2.96. The van der Waals surface area contributed by atoms with E-state index in [1.165, 1.54) is 11.5 Å². The van der Waals surface area contributed by atoms with Gasteiger partial charge in [-0.05, 0) is 0 Å². The van der Waals surface area contributed by atoms with Crippen LogP contribution in [0.15, 0.2) is 0 Å². The van der Waals surface area contributed by atoms with Crippen LogP contribution in [0.25, 0.3) is 0 Å². The summed E-state index contributed by atoms with van der Waals surface area (Å²) in [4.78, 5) is 24.0. The van der Waals surface area contributed by atoms with Crippen molar-refractivity contribution in [2.75, 3.05) is 25.5 Å². The van der Waals surface area contributed by atoms with Crippen molar-refractivity contribution in [1.82, 2.24) is 19.8 Å². The zero-order valence-corrected chi connectivity index (χ0v) is 9.50. The highest BCUT2D eigenvalue weighted by Gasteiger charge is 2.23. The molecule has 2 amide bonds. The normalized spacial score (nSPS) is 17.3. The Morgan fingerprint density at radius 1 is 1.44 bits per heavy atom. The van der Waals surface area contributed by atoms with Crippen LogP contribution in [0.3, 0.4) is 0 Å². The first kappa shape index (κ1) is 11.0. The number of hydrogen-bond acceptors (Lipinski definition) is 7. The molecular formula is C8H11N5O2S. The number of nitrogens with zero attached hydrogens (tertiary/aromatic N) is 3. The SMILES string of the molecule is CNc1snnc1CN1CC(=O)NC(=O)C1. The average Bonchev–Trinajstić information content (AvgIpc) is 2.63. The van der Waals surface area contributed by atoms with Crippen LogP contribution in [-0.2, 0) is 16.1 Å². The third-order valence-electron chi connectivity index (χ3n) is 2.17. The van der Waals surface area contributed by atoms with Gasteiger partial charge in [0, 0.05) is 25.1 Å². The van der Waals surface area contributed by atoms with Crippen LogP contribution in [0.1, 0.15) is 5.69 Å². The first-order valence-electron chi connectivity index (χ1n) is 4.73. The molecule has 16 heavy (non-hydrogen) atoms. The van der Waals surface area contributed by atoms with E-state index in [2.05, 4.69) is 20.2 Å². The summed E-state index contributed by atoms with van der Waals surface area (Å²) in [5.74, 6) is -0.545. The van der Waals surface area contributed by atoms with E-state index in [1.807, 2.05) is 0 Å². The molecular weight excluding hydrogens is 230 g/mol. The first-order chi connectivity index (χ1) is 7.69. The van der Waals surface area contributed by atoms with Crippen molar-refractivity contribution in [2.45, 2.75) is 6.54 Å². The Hall–Kier alpha value is -1.54. The third kappa shape index (κ3) is 2.34. The molecule has 1 fully saturated rings. The molecule has 0 unspecified atom stereocenters. The lowest BCUT2D eigenvalue weighted by molar-refractivity contribution is -0.136. The van der Waals surface area contributed by atoms with E-state index < -0.39 is 0 Å². The van der Waals surface area contributed by atoms with Gasteiger partial charge in [0.05, 0.1) is 13.1 Å². The van der Waals surface area contributed by atoms with E-state index in [1.54, 1.807) is 11.9 Å². The largest absolute Gasteiger partial charge is 0.377 e. The van der Waals surface area contributed by atoms with E-state index in [4.69, 9.17) is 0 Å². The molecule has 0 atom stereocenters. The zero-order chi connectivity index (χ0) is 11.5. The van der Waals surface area contributed by atoms with Crippen molar-refractivity contribution >= 4 is 28.3 Å².